The van der Waals surface area contributed by atoms with Crippen molar-refractivity contribution in [2.75, 3.05) is 6.54 Å². The zero-order valence-corrected chi connectivity index (χ0v) is 8.47. The number of halogens is 1. The molecule has 1 aliphatic carbocycles. The molecule has 2 N–H and O–H groups in total. The Kier molecular flexibility index (Phi) is 1.97. The lowest BCUT2D eigenvalue weighted by Gasteiger charge is -2.14. The maximum Gasteiger partial charge on any atom is 0.0213 e. The Morgan fingerprint density at radius 2 is 2.00 bits per heavy atom. The third-order valence-corrected chi connectivity index (χ3v) is 3.38. The number of hydrogen-bond donors (Lipinski definition) is 1. The first-order valence-electron chi connectivity index (χ1n) is 4.24. The van der Waals surface area contributed by atoms with Crippen molar-refractivity contribution in [2.45, 2.75) is 18.3 Å². The third kappa shape index (κ3) is 1.19. The lowest BCUT2D eigenvalue weighted by atomic mass is 9.96. The van der Waals surface area contributed by atoms with Gasteiger partial charge in [0.05, 0.1) is 0 Å². The van der Waals surface area contributed by atoms with Crippen LogP contribution in [0.2, 0.25) is 0 Å². The Balaban J connectivity index is 2.40. The van der Waals surface area contributed by atoms with Gasteiger partial charge in [-0.05, 0) is 24.5 Å². The lowest BCUT2D eigenvalue weighted by molar-refractivity contribution is 0.701. The van der Waals surface area contributed by atoms with Gasteiger partial charge in [0.1, 0.15) is 0 Å². The van der Waals surface area contributed by atoms with Gasteiger partial charge in [-0.25, -0.2) is 0 Å². The molecule has 0 aliphatic heterocycles. The summed E-state index contributed by atoms with van der Waals surface area (Å²) >= 11 is 3.56. The summed E-state index contributed by atoms with van der Waals surface area (Å²) in [6.45, 7) is 0.773. The zero-order chi connectivity index (χ0) is 8.60. The first-order valence-corrected chi connectivity index (χ1v) is 5.03. The molecule has 0 unspecified atom stereocenters. The van der Waals surface area contributed by atoms with E-state index in [0.717, 1.165) is 6.54 Å². The molecule has 1 aliphatic rings. The van der Waals surface area contributed by atoms with E-state index in [4.69, 9.17) is 5.73 Å². The summed E-state index contributed by atoms with van der Waals surface area (Å²) in [5, 5.41) is 0. The molecule has 0 amide bonds. The molecule has 0 heterocycles. The van der Waals surface area contributed by atoms with Crippen LogP contribution in [0, 0.1) is 0 Å². The Bertz CT molecular complexity index is 292. The van der Waals surface area contributed by atoms with Crippen LogP contribution in [0.1, 0.15) is 18.4 Å². The SMILES string of the molecule is NCC1(c2ccccc2Br)CC1. The van der Waals surface area contributed by atoms with Gasteiger partial charge in [-0.3, -0.25) is 0 Å². The van der Waals surface area contributed by atoms with Gasteiger partial charge in [-0.15, -0.1) is 0 Å². The Morgan fingerprint density at radius 1 is 1.33 bits per heavy atom. The van der Waals surface area contributed by atoms with Crippen LogP contribution in [0.15, 0.2) is 28.7 Å². The molecule has 1 aromatic rings. The van der Waals surface area contributed by atoms with E-state index in [9.17, 15) is 0 Å². The quantitative estimate of drug-likeness (QED) is 0.823. The summed E-state index contributed by atoms with van der Waals surface area (Å²) in [6, 6.07) is 8.38. The van der Waals surface area contributed by atoms with Gasteiger partial charge in [-0.1, -0.05) is 34.1 Å². The van der Waals surface area contributed by atoms with Gasteiger partial charge in [0.15, 0.2) is 0 Å². The van der Waals surface area contributed by atoms with Gasteiger partial charge in [0.2, 0.25) is 0 Å². The molecule has 64 valence electrons. The third-order valence-electron chi connectivity index (χ3n) is 2.69. The molecular formula is C10H12BrN. The van der Waals surface area contributed by atoms with Crippen LogP contribution in [-0.4, -0.2) is 6.54 Å². The minimum absolute atomic E-state index is 0.306. The maximum atomic E-state index is 5.75. The topological polar surface area (TPSA) is 26.0 Å². The van der Waals surface area contributed by atoms with Crippen molar-refractivity contribution in [1.82, 2.24) is 0 Å². The van der Waals surface area contributed by atoms with Crippen LogP contribution in [0.4, 0.5) is 0 Å². The van der Waals surface area contributed by atoms with E-state index < -0.39 is 0 Å². The highest BCUT2D eigenvalue weighted by Gasteiger charge is 2.43. The van der Waals surface area contributed by atoms with Crippen LogP contribution >= 0.6 is 15.9 Å². The maximum absolute atomic E-state index is 5.75. The standard InChI is InChI=1S/C10H12BrN/c11-9-4-2-1-3-8(9)10(7-12)5-6-10/h1-4H,5-7,12H2. The first-order chi connectivity index (χ1) is 5.78. The highest BCUT2D eigenvalue weighted by molar-refractivity contribution is 9.10. The molecule has 0 bridgehead atoms. The van der Waals surface area contributed by atoms with E-state index in [1.54, 1.807) is 0 Å². The summed E-state index contributed by atoms with van der Waals surface area (Å²) in [5.74, 6) is 0. The number of nitrogens with two attached hydrogens (primary N) is 1. The molecule has 0 saturated heterocycles. The van der Waals surface area contributed by atoms with Gasteiger partial charge >= 0.3 is 0 Å². The highest BCUT2D eigenvalue weighted by Crippen LogP contribution is 2.49. The van der Waals surface area contributed by atoms with Crippen molar-refractivity contribution in [3.05, 3.63) is 34.3 Å². The fourth-order valence-corrected chi connectivity index (χ4v) is 2.33. The second-order valence-corrected chi connectivity index (χ2v) is 4.32. The number of benzene rings is 1. The summed E-state index contributed by atoms with van der Waals surface area (Å²) < 4.78 is 1.20. The second-order valence-electron chi connectivity index (χ2n) is 3.46. The largest absolute Gasteiger partial charge is 0.330 e. The molecule has 0 aromatic heterocycles. The average molecular weight is 226 g/mol. The Labute approximate surface area is 81.1 Å². The van der Waals surface area contributed by atoms with E-state index >= 15 is 0 Å². The molecule has 1 saturated carbocycles. The number of rotatable bonds is 2. The minimum atomic E-state index is 0.306. The molecule has 1 fully saturated rings. The van der Waals surface area contributed by atoms with Crippen LogP contribution in [0.5, 0.6) is 0 Å². The molecule has 0 radical (unpaired) electrons. The average Bonchev–Trinajstić information content (AvgIpc) is 2.86. The molecule has 12 heavy (non-hydrogen) atoms. The van der Waals surface area contributed by atoms with Crippen LogP contribution < -0.4 is 5.73 Å². The van der Waals surface area contributed by atoms with Crippen molar-refractivity contribution in [1.29, 1.82) is 0 Å². The van der Waals surface area contributed by atoms with Crippen LogP contribution in [-0.2, 0) is 5.41 Å². The Morgan fingerprint density at radius 3 is 2.50 bits per heavy atom. The monoisotopic (exact) mass is 225 g/mol. The Hall–Kier alpha value is -0.340. The fourth-order valence-electron chi connectivity index (χ4n) is 1.63. The molecule has 2 heteroatoms. The molecule has 1 nitrogen and oxygen atoms in total. The van der Waals surface area contributed by atoms with Crippen molar-refractivity contribution in [2.24, 2.45) is 5.73 Å². The predicted molar refractivity (Wildman–Crippen MR) is 54.1 cm³/mol. The van der Waals surface area contributed by atoms with Crippen LogP contribution in [0.25, 0.3) is 0 Å². The predicted octanol–water partition coefficient (Wildman–Crippen LogP) is 2.44. The van der Waals surface area contributed by atoms with E-state index in [1.165, 1.54) is 22.9 Å². The molecule has 0 atom stereocenters. The van der Waals surface area contributed by atoms with Crippen LogP contribution in [0.3, 0.4) is 0 Å². The highest BCUT2D eigenvalue weighted by atomic mass is 79.9. The smallest absolute Gasteiger partial charge is 0.0213 e. The van der Waals surface area contributed by atoms with Gasteiger partial charge in [-0.2, -0.15) is 0 Å². The summed E-state index contributed by atoms with van der Waals surface area (Å²) in [5.41, 5.74) is 7.44. The van der Waals surface area contributed by atoms with Gasteiger partial charge < -0.3 is 5.73 Å². The summed E-state index contributed by atoms with van der Waals surface area (Å²) in [7, 11) is 0. The molecular weight excluding hydrogens is 214 g/mol. The van der Waals surface area contributed by atoms with Crippen molar-refractivity contribution in [3.63, 3.8) is 0 Å². The van der Waals surface area contributed by atoms with E-state index in [2.05, 4.69) is 34.1 Å². The van der Waals surface area contributed by atoms with Gasteiger partial charge in [0, 0.05) is 16.4 Å². The number of hydrogen-bond acceptors (Lipinski definition) is 1. The lowest BCUT2D eigenvalue weighted by Crippen LogP contribution is -2.19. The molecule has 2 rings (SSSR count). The van der Waals surface area contributed by atoms with E-state index in [0.29, 0.717) is 5.41 Å². The summed E-state index contributed by atoms with van der Waals surface area (Å²) in [6.07, 6.45) is 2.48. The fraction of sp³-hybridized carbons (Fsp3) is 0.400. The minimum Gasteiger partial charge on any atom is -0.330 e. The van der Waals surface area contributed by atoms with Crippen molar-refractivity contribution in [3.8, 4) is 0 Å². The van der Waals surface area contributed by atoms with Crippen molar-refractivity contribution >= 4 is 15.9 Å². The molecule has 0 spiro atoms. The van der Waals surface area contributed by atoms with E-state index in [1.807, 2.05) is 6.07 Å². The zero-order valence-electron chi connectivity index (χ0n) is 6.89. The first kappa shape index (κ1) is 8.27. The molecule has 1 aromatic carbocycles. The van der Waals surface area contributed by atoms with Gasteiger partial charge in [0.25, 0.3) is 0 Å². The second kappa shape index (κ2) is 2.86. The van der Waals surface area contributed by atoms with E-state index in [-0.39, 0.29) is 0 Å². The summed E-state index contributed by atoms with van der Waals surface area (Å²) in [4.78, 5) is 0. The van der Waals surface area contributed by atoms with Crippen molar-refractivity contribution < 1.29 is 0 Å². The normalized spacial score (nSPS) is 19.2.